The molecule has 1 aliphatic heterocycles. The minimum atomic E-state index is -4.62. The minimum Gasteiger partial charge on any atom is -0.489 e. The van der Waals surface area contributed by atoms with Crippen molar-refractivity contribution in [3.05, 3.63) is 23.0 Å². The van der Waals surface area contributed by atoms with Crippen LogP contribution in [0.5, 0.6) is 11.5 Å². The van der Waals surface area contributed by atoms with Crippen LogP contribution in [0.1, 0.15) is 49.7 Å². The van der Waals surface area contributed by atoms with Crippen molar-refractivity contribution in [2.75, 3.05) is 13.4 Å². The van der Waals surface area contributed by atoms with Gasteiger partial charge in [0.15, 0.2) is 18.4 Å². The molecule has 6 nitrogen and oxygen atoms in total. The first-order valence-corrected chi connectivity index (χ1v) is 9.13. The quantitative estimate of drug-likeness (QED) is 0.607. The van der Waals surface area contributed by atoms with Crippen molar-refractivity contribution in [2.45, 2.75) is 38.5 Å². The zero-order chi connectivity index (χ0) is 16.8. The molecular weight excluding hydrogens is 326 g/mol. The maximum absolute atomic E-state index is 14.3. The number of hydrogen-bond acceptors (Lipinski definition) is 4. The van der Waals surface area contributed by atoms with E-state index in [9.17, 15) is 8.96 Å². The molecule has 1 fully saturated rings. The number of phosphoric acid groups is 1. The fourth-order valence-corrected chi connectivity index (χ4v) is 3.23. The Kier molecular flexibility index (Phi) is 4.40. The van der Waals surface area contributed by atoms with E-state index in [1.54, 1.807) is 0 Å². The minimum absolute atomic E-state index is 0.0593. The summed E-state index contributed by atoms with van der Waals surface area (Å²) >= 11 is 0. The van der Waals surface area contributed by atoms with E-state index in [4.69, 9.17) is 19.3 Å². The molecule has 1 heterocycles. The summed E-state index contributed by atoms with van der Waals surface area (Å²) in [5.41, 5.74) is 1.32. The molecule has 1 aromatic carbocycles. The number of halogens is 1. The summed E-state index contributed by atoms with van der Waals surface area (Å²) in [6.45, 7) is 3.66. The molecule has 1 aromatic rings. The molecule has 2 N–H and O–H groups in total. The van der Waals surface area contributed by atoms with Crippen LogP contribution in [0.3, 0.4) is 0 Å². The van der Waals surface area contributed by atoms with E-state index in [-0.39, 0.29) is 17.6 Å². The zero-order valence-corrected chi connectivity index (χ0v) is 13.9. The SMILES string of the molecule is C[C@@H]1COc2c(F)cc([C@@H](C)C3CC3)c(OCOP(=O)(O)O)c21. The van der Waals surface area contributed by atoms with Gasteiger partial charge in [-0.2, -0.15) is 0 Å². The molecule has 1 saturated carbocycles. The van der Waals surface area contributed by atoms with Gasteiger partial charge in [0.05, 0.1) is 6.61 Å². The van der Waals surface area contributed by atoms with E-state index in [0.29, 0.717) is 29.4 Å². The fraction of sp³-hybridized carbons (Fsp3) is 0.600. The maximum atomic E-state index is 14.3. The largest absolute Gasteiger partial charge is 0.489 e. The average molecular weight is 346 g/mol. The van der Waals surface area contributed by atoms with Crippen LogP contribution in [0.15, 0.2) is 6.07 Å². The Labute approximate surface area is 133 Å². The molecule has 0 saturated heterocycles. The molecule has 0 spiro atoms. The highest BCUT2D eigenvalue weighted by Gasteiger charge is 2.36. The number of rotatable bonds is 6. The first kappa shape index (κ1) is 16.7. The third-order valence-corrected chi connectivity index (χ3v) is 4.91. The Morgan fingerprint density at radius 1 is 1.48 bits per heavy atom. The number of phosphoric ester groups is 1. The van der Waals surface area contributed by atoms with E-state index in [2.05, 4.69) is 4.52 Å². The molecule has 0 bridgehead atoms. The Hall–Kier alpha value is -1.14. The Balaban J connectivity index is 1.96. The number of benzene rings is 1. The number of hydrogen-bond donors (Lipinski definition) is 2. The topological polar surface area (TPSA) is 85.2 Å². The van der Waals surface area contributed by atoms with Gasteiger partial charge in [0.2, 0.25) is 0 Å². The predicted octanol–water partition coefficient (Wildman–Crippen LogP) is 3.28. The van der Waals surface area contributed by atoms with Crippen LogP contribution in [-0.2, 0) is 9.09 Å². The van der Waals surface area contributed by atoms with E-state index in [1.165, 1.54) is 6.07 Å². The standard InChI is InChI=1S/C15H20FO6P/c1-8-6-20-15-12(16)5-11(9(2)10-3-4-10)14(13(8)15)21-7-22-23(17,18)19/h5,8-10H,3-4,6-7H2,1-2H3,(H2,17,18,19)/t8-,9+/m1/s1. The predicted molar refractivity (Wildman–Crippen MR) is 80.1 cm³/mol. The van der Waals surface area contributed by atoms with Crippen LogP contribution >= 0.6 is 7.82 Å². The summed E-state index contributed by atoms with van der Waals surface area (Å²) in [4.78, 5) is 17.6. The molecule has 0 radical (unpaired) electrons. The number of ether oxygens (including phenoxy) is 2. The molecule has 23 heavy (non-hydrogen) atoms. The third-order valence-electron chi connectivity index (χ3n) is 4.46. The monoisotopic (exact) mass is 346 g/mol. The Bertz CT molecular complexity index is 654. The molecule has 1 aliphatic carbocycles. The summed E-state index contributed by atoms with van der Waals surface area (Å²) in [5.74, 6) is 0.698. The highest BCUT2D eigenvalue weighted by atomic mass is 31.2. The lowest BCUT2D eigenvalue weighted by Crippen LogP contribution is -2.09. The number of fused-ring (bicyclic) bond motifs is 1. The molecule has 0 unspecified atom stereocenters. The second-order valence-electron chi connectivity index (χ2n) is 6.24. The molecular formula is C15H20FO6P. The van der Waals surface area contributed by atoms with Crippen LogP contribution in [0, 0.1) is 11.7 Å². The molecule has 0 amide bonds. The molecule has 2 atom stereocenters. The highest BCUT2D eigenvalue weighted by Crippen LogP contribution is 2.51. The van der Waals surface area contributed by atoms with E-state index < -0.39 is 20.4 Å². The van der Waals surface area contributed by atoms with E-state index >= 15 is 0 Å². The normalized spacial score (nSPS) is 21.7. The molecule has 3 rings (SSSR count). The maximum Gasteiger partial charge on any atom is 0.472 e. The van der Waals surface area contributed by atoms with Crippen LogP contribution < -0.4 is 9.47 Å². The molecule has 128 valence electrons. The van der Waals surface area contributed by atoms with Crippen molar-refractivity contribution >= 4 is 7.82 Å². The van der Waals surface area contributed by atoms with Gasteiger partial charge in [-0.1, -0.05) is 13.8 Å². The van der Waals surface area contributed by atoms with E-state index in [1.807, 2.05) is 13.8 Å². The Morgan fingerprint density at radius 3 is 2.78 bits per heavy atom. The van der Waals surface area contributed by atoms with Gasteiger partial charge in [0, 0.05) is 17.0 Å². The second kappa shape index (κ2) is 6.06. The summed E-state index contributed by atoms with van der Waals surface area (Å²) < 4.78 is 40.4. The summed E-state index contributed by atoms with van der Waals surface area (Å²) in [6, 6.07) is 1.41. The van der Waals surface area contributed by atoms with Crippen LogP contribution in [0.25, 0.3) is 0 Å². The second-order valence-corrected chi connectivity index (χ2v) is 7.48. The fourth-order valence-electron chi connectivity index (χ4n) is 3.04. The van der Waals surface area contributed by atoms with Gasteiger partial charge in [0.25, 0.3) is 0 Å². The summed E-state index contributed by atoms with van der Waals surface area (Å²) in [7, 11) is -4.62. The smallest absolute Gasteiger partial charge is 0.472 e. The van der Waals surface area contributed by atoms with Crippen molar-refractivity contribution in [2.24, 2.45) is 5.92 Å². The van der Waals surface area contributed by atoms with Crippen molar-refractivity contribution in [1.29, 1.82) is 0 Å². The van der Waals surface area contributed by atoms with Gasteiger partial charge < -0.3 is 19.3 Å². The van der Waals surface area contributed by atoms with Crippen LogP contribution in [0.2, 0.25) is 0 Å². The summed E-state index contributed by atoms with van der Waals surface area (Å²) in [5, 5.41) is 0. The van der Waals surface area contributed by atoms with Gasteiger partial charge in [-0.05, 0) is 30.7 Å². The van der Waals surface area contributed by atoms with Crippen molar-refractivity contribution < 1.29 is 32.7 Å². The first-order chi connectivity index (χ1) is 10.8. The lowest BCUT2D eigenvalue weighted by Gasteiger charge is -2.21. The first-order valence-electron chi connectivity index (χ1n) is 7.60. The zero-order valence-electron chi connectivity index (χ0n) is 13.0. The highest BCUT2D eigenvalue weighted by molar-refractivity contribution is 7.46. The van der Waals surface area contributed by atoms with Crippen molar-refractivity contribution in [3.63, 3.8) is 0 Å². The van der Waals surface area contributed by atoms with Crippen LogP contribution in [0.4, 0.5) is 4.39 Å². The Morgan fingerprint density at radius 2 is 2.17 bits per heavy atom. The van der Waals surface area contributed by atoms with Crippen LogP contribution in [-0.4, -0.2) is 23.2 Å². The molecule has 2 aliphatic rings. The average Bonchev–Trinajstić information content (AvgIpc) is 3.23. The third kappa shape index (κ3) is 3.53. The lowest BCUT2D eigenvalue weighted by atomic mass is 9.90. The van der Waals surface area contributed by atoms with Gasteiger partial charge in [0.1, 0.15) is 5.75 Å². The van der Waals surface area contributed by atoms with Gasteiger partial charge in [-0.15, -0.1) is 0 Å². The van der Waals surface area contributed by atoms with Gasteiger partial charge in [-0.3, -0.25) is 0 Å². The van der Waals surface area contributed by atoms with E-state index in [0.717, 1.165) is 12.8 Å². The summed E-state index contributed by atoms with van der Waals surface area (Å²) in [6.07, 6.45) is 2.18. The molecule has 8 heteroatoms. The lowest BCUT2D eigenvalue weighted by molar-refractivity contribution is 0.0809. The van der Waals surface area contributed by atoms with Crippen molar-refractivity contribution in [3.8, 4) is 11.5 Å². The molecule has 0 aromatic heterocycles. The van der Waals surface area contributed by atoms with Crippen molar-refractivity contribution in [1.82, 2.24) is 0 Å². The van der Waals surface area contributed by atoms with Gasteiger partial charge in [-0.25, -0.2) is 13.5 Å². The van der Waals surface area contributed by atoms with Gasteiger partial charge >= 0.3 is 7.82 Å².